The molecule has 0 aliphatic carbocycles. The van der Waals surface area contributed by atoms with Gasteiger partial charge in [-0.25, -0.2) is 8.42 Å². The van der Waals surface area contributed by atoms with Gasteiger partial charge in [-0.05, 0) is 66.9 Å². The summed E-state index contributed by atoms with van der Waals surface area (Å²) in [6.45, 7) is 3.83. The van der Waals surface area contributed by atoms with Gasteiger partial charge in [-0.15, -0.1) is 0 Å². The van der Waals surface area contributed by atoms with Gasteiger partial charge in [0.25, 0.3) is 0 Å². The Labute approximate surface area is 153 Å². The summed E-state index contributed by atoms with van der Waals surface area (Å²) in [6.07, 6.45) is 0. The summed E-state index contributed by atoms with van der Waals surface area (Å²) in [5.41, 5.74) is 2.18. The van der Waals surface area contributed by atoms with E-state index in [9.17, 15) is 13.5 Å². The number of hydrogen-bond acceptors (Lipinski definition) is 4. The van der Waals surface area contributed by atoms with Crippen LogP contribution in [-0.2, 0) is 16.4 Å². The molecule has 0 aliphatic rings. The standard InChI is InChI=1S/C21H20O4S/c1-15-13-19(9-10-20(15)22)26(23,24)21-11-8-18(12-16(21)2)25-14-17-6-4-3-5-7-17/h3-13,22H,14H2,1-2H3. The highest BCUT2D eigenvalue weighted by Crippen LogP contribution is 2.29. The molecular formula is C21H20O4S. The minimum absolute atomic E-state index is 0.0744. The molecule has 0 radical (unpaired) electrons. The van der Waals surface area contributed by atoms with E-state index in [1.54, 1.807) is 32.0 Å². The lowest BCUT2D eigenvalue weighted by Gasteiger charge is -2.12. The molecule has 0 bridgehead atoms. The van der Waals surface area contributed by atoms with Crippen LogP contribution in [-0.4, -0.2) is 13.5 Å². The largest absolute Gasteiger partial charge is 0.508 e. The Morgan fingerprint density at radius 3 is 2.27 bits per heavy atom. The minimum Gasteiger partial charge on any atom is -0.508 e. The maximum Gasteiger partial charge on any atom is 0.206 e. The zero-order valence-electron chi connectivity index (χ0n) is 14.6. The van der Waals surface area contributed by atoms with Gasteiger partial charge < -0.3 is 9.84 Å². The van der Waals surface area contributed by atoms with Gasteiger partial charge >= 0.3 is 0 Å². The monoisotopic (exact) mass is 368 g/mol. The van der Waals surface area contributed by atoms with Crippen molar-refractivity contribution in [2.75, 3.05) is 0 Å². The van der Waals surface area contributed by atoms with Crippen LogP contribution in [0.15, 0.2) is 76.5 Å². The molecule has 1 N–H and O–H groups in total. The maximum absolute atomic E-state index is 12.9. The summed E-state index contributed by atoms with van der Waals surface area (Å²) in [5, 5.41) is 9.61. The van der Waals surface area contributed by atoms with Crippen LogP contribution in [0, 0.1) is 13.8 Å². The SMILES string of the molecule is Cc1cc(S(=O)(=O)c2ccc(OCc3ccccc3)cc2C)ccc1O. The van der Waals surface area contributed by atoms with E-state index in [4.69, 9.17) is 4.74 Å². The molecule has 0 saturated heterocycles. The molecule has 0 fully saturated rings. The Bertz CT molecular complexity index is 1030. The van der Waals surface area contributed by atoms with E-state index in [1.807, 2.05) is 30.3 Å². The van der Waals surface area contributed by atoms with Crippen LogP contribution in [0.1, 0.15) is 16.7 Å². The predicted molar refractivity (Wildman–Crippen MR) is 100 cm³/mol. The topological polar surface area (TPSA) is 63.6 Å². The average molecular weight is 368 g/mol. The van der Waals surface area contributed by atoms with Crippen molar-refractivity contribution in [1.29, 1.82) is 0 Å². The number of aromatic hydroxyl groups is 1. The predicted octanol–water partition coefficient (Wildman–Crippen LogP) is 4.42. The zero-order chi connectivity index (χ0) is 18.7. The Kier molecular flexibility index (Phi) is 5.00. The van der Waals surface area contributed by atoms with E-state index < -0.39 is 9.84 Å². The number of hydrogen-bond donors (Lipinski definition) is 1. The molecule has 0 heterocycles. The lowest BCUT2D eigenvalue weighted by Crippen LogP contribution is -2.05. The van der Waals surface area contributed by atoms with Crippen molar-refractivity contribution < 1.29 is 18.3 Å². The number of phenols is 1. The number of rotatable bonds is 5. The van der Waals surface area contributed by atoms with Crippen molar-refractivity contribution in [3.8, 4) is 11.5 Å². The van der Waals surface area contributed by atoms with E-state index in [0.29, 0.717) is 23.5 Å². The Balaban J connectivity index is 1.85. The summed E-state index contributed by atoms with van der Waals surface area (Å²) >= 11 is 0. The summed E-state index contributed by atoms with van der Waals surface area (Å²) < 4.78 is 31.5. The molecule has 26 heavy (non-hydrogen) atoms. The Morgan fingerprint density at radius 2 is 1.62 bits per heavy atom. The Morgan fingerprint density at radius 1 is 0.885 bits per heavy atom. The summed E-state index contributed by atoms with van der Waals surface area (Å²) in [6, 6.07) is 19.0. The third-order valence-corrected chi connectivity index (χ3v) is 6.07. The van der Waals surface area contributed by atoms with Crippen LogP contribution in [0.5, 0.6) is 11.5 Å². The molecule has 134 valence electrons. The molecule has 3 aromatic carbocycles. The molecule has 0 amide bonds. The highest BCUT2D eigenvalue weighted by Gasteiger charge is 2.21. The smallest absolute Gasteiger partial charge is 0.206 e. The fourth-order valence-electron chi connectivity index (χ4n) is 2.68. The van der Waals surface area contributed by atoms with Gasteiger partial charge in [-0.1, -0.05) is 30.3 Å². The Hall–Kier alpha value is -2.79. The average Bonchev–Trinajstić information content (AvgIpc) is 2.63. The van der Waals surface area contributed by atoms with Crippen LogP contribution in [0.2, 0.25) is 0 Å². The second-order valence-corrected chi connectivity index (χ2v) is 8.07. The van der Waals surface area contributed by atoms with E-state index in [0.717, 1.165) is 5.56 Å². The first-order chi connectivity index (χ1) is 12.4. The number of phenolic OH excluding ortho intramolecular Hbond substituents is 1. The van der Waals surface area contributed by atoms with Crippen LogP contribution < -0.4 is 4.74 Å². The molecule has 4 nitrogen and oxygen atoms in total. The number of sulfone groups is 1. The van der Waals surface area contributed by atoms with Gasteiger partial charge in [0.15, 0.2) is 0 Å². The van der Waals surface area contributed by atoms with E-state index in [1.165, 1.54) is 18.2 Å². The van der Waals surface area contributed by atoms with Gasteiger partial charge in [0.05, 0.1) is 9.79 Å². The van der Waals surface area contributed by atoms with Crippen molar-refractivity contribution in [3.05, 3.63) is 83.4 Å². The lowest BCUT2D eigenvalue weighted by molar-refractivity contribution is 0.306. The highest BCUT2D eigenvalue weighted by atomic mass is 32.2. The first kappa shape index (κ1) is 18.0. The maximum atomic E-state index is 12.9. The van der Waals surface area contributed by atoms with Crippen LogP contribution in [0.25, 0.3) is 0 Å². The van der Waals surface area contributed by atoms with Gasteiger partial charge in [0, 0.05) is 0 Å². The molecule has 0 spiro atoms. The van der Waals surface area contributed by atoms with E-state index in [-0.39, 0.29) is 15.5 Å². The molecule has 3 rings (SSSR count). The van der Waals surface area contributed by atoms with Crippen LogP contribution in [0.4, 0.5) is 0 Å². The quantitative estimate of drug-likeness (QED) is 0.724. The van der Waals surface area contributed by atoms with Gasteiger partial charge in [0.1, 0.15) is 18.1 Å². The second-order valence-electron chi connectivity index (χ2n) is 6.15. The van der Waals surface area contributed by atoms with Crippen molar-refractivity contribution in [3.63, 3.8) is 0 Å². The van der Waals surface area contributed by atoms with Crippen molar-refractivity contribution in [2.24, 2.45) is 0 Å². The summed E-state index contributed by atoms with van der Waals surface area (Å²) in [5.74, 6) is 0.692. The van der Waals surface area contributed by atoms with Crippen molar-refractivity contribution in [2.45, 2.75) is 30.2 Å². The van der Waals surface area contributed by atoms with Crippen molar-refractivity contribution in [1.82, 2.24) is 0 Å². The minimum atomic E-state index is -3.66. The summed E-state index contributed by atoms with van der Waals surface area (Å²) in [7, 11) is -3.66. The molecule has 0 aromatic heterocycles. The van der Waals surface area contributed by atoms with Crippen LogP contribution >= 0.6 is 0 Å². The van der Waals surface area contributed by atoms with Gasteiger partial charge in [-0.2, -0.15) is 0 Å². The van der Waals surface area contributed by atoms with Gasteiger partial charge in [-0.3, -0.25) is 0 Å². The fourth-order valence-corrected chi connectivity index (χ4v) is 4.24. The second kappa shape index (κ2) is 7.22. The number of benzene rings is 3. The fraction of sp³-hybridized carbons (Fsp3) is 0.143. The lowest BCUT2D eigenvalue weighted by atomic mass is 10.2. The third-order valence-electron chi connectivity index (χ3n) is 4.16. The zero-order valence-corrected chi connectivity index (χ0v) is 15.5. The molecule has 5 heteroatoms. The van der Waals surface area contributed by atoms with E-state index in [2.05, 4.69) is 0 Å². The molecule has 0 unspecified atom stereocenters. The molecular weight excluding hydrogens is 348 g/mol. The molecule has 0 aliphatic heterocycles. The third kappa shape index (κ3) is 3.73. The number of aryl methyl sites for hydroxylation is 2. The molecule has 0 saturated carbocycles. The first-order valence-electron chi connectivity index (χ1n) is 8.20. The van der Waals surface area contributed by atoms with E-state index >= 15 is 0 Å². The molecule has 3 aromatic rings. The highest BCUT2D eigenvalue weighted by molar-refractivity contribution is 7.91. The summed E-state index contributed by atoms with van der Waals surface area (Å²) in [4.78, 5) is 0.392. The molecule has 0 atom stereocenters. The van der Waals surface area contributed by atoms with Crippen LogP contribution in [0.3, 0.4) is 0 Å². The van der Waals surface area contributed by atoms with Gasteiger partial charge in [0.2, 0.25) is 9.84 Å². The normalized spacial score (nSPS) is 11.3. The number of ether oxygens (including phenoxy) is 1. The van der Waals surface area contributed by atoms with Crippen molar-refractivity contribution >= 4 is 9.84 Å². The first-order valence-corrected chi connectivity index (χ1v) is 9.68.